The molecule has 1 saturated heterocycles. The summed E-state index contributed by atoms with van der Waals surface area (Å²) in [5.74, 6) is 2.26. The third kappa shape index (κ3) is 4.44. The van der Waals surface area contributed by atoms with Crippen LogP contribution in [0, 0.1) is 0 Å². The van der Waals surface area contributed by atoms with Crippen LogP contribution in [0.25, 0.3) is 0 Å². The highest BCUT2D eigenvalue weighted by Crippen LogP contribution is 2.36. The van der Waals surface area contributed by atoms with Crippen LogP contribution in [0.2, 0.25) is 0 Å². The van der Waals surface area contributed by atoms with Crippen LogP contribution in [0.3, 0.4) is 0 Å². The highest BCUT2D eigenvalue weighted by atomic mass is 32.2. The molecule has 2 rings (SSSR count). The molecule has 0 amide bonds. The van der Waals surface area contributed by atoms with E-state index in [9.17, 15) is 0 Å². The van der Waals surface area contributed by atoms with Crippen LogP contribution in [0.4, 0.5) is 0 Å². The van der Waals surface area contributed by atoms with Gasteiger partial charge in [0.15, 0.2) is 5.96 Å². The standard InChI is InChI=1S/C16H25N3S/c1-16(10-7-11-20-16)13-18-15(19(2)3)17-12-14-8-5-4-6-9-14/h4-6,8-9H,7,10-13H2,1-3H3,(H,17,18). The molecule has 20 heavy (non-hydrogen) atoms. The highest BCUT2D eigenvalue weighted by Gasteiger charge is 2.29. The van der Waals surface area contributed by atoms with Gasteiger partial charge in [0.2, 0.25) is 0 Å². The Morgan fingerprint density at radius 3 is 2.70 bits per heavy atom. The van der Waals surface area contributed by atoms with Gasteiger partial charge in [-0.2, -0.15) is 11.8 Å². The maximum Gasteiger partial charge on any atom is 0.193 e. The lowest BCUT2D eigenvalue weighted by Gasteiger charge is -2.26. The fraction of sp³-hybridized carbons (Fsp3) is 0.562. The van der Waals surface area contributed by atoms with E-state index in [1.807, 2.05) is 20.2 Å². The van der Waals surface area contributed by atoms with E-state index < -0.39 is 0 Å². The zero-order chi connectivity index (χ0) is 14.4. The predicted molar refractivity (Wildman–Crippen MR) is 89.4 cm³/mol. The van der Waals surface area contributed by atoms with Gasteiger partial charge in [-0.1, -0.05) is 30.3 Å². The fourth-order valence-corrected chi connectivity index (χ4v) is 3.59. The first-order valence-electron chi connectivity index (χ1n) is 7.23. The van der Waals surface area contributed by atoms with Crippen molar-refractivity contribution in [3.63, 3.8) is 0 Å². The minimum absolute atomic E-state index is 0.365. The van der Waals surface area contributed by atoms with E-state index in [1.165, 1.54) is 24.2 Å². The fourth-order valence-electron chi connectivity index (χ4n) is 2.35. The maximum absolute atomic E-state index is 4.71. The van der Waals surface area contributed by atoms with Gasteiger partial charge in [0.25, 0.3) is 0 Å². The van der Waals surface area contributed by atoms with Crippen LogP contribution in [0.5, 0.6) is 0 Å². The van der Waals surface area contributed by atoms with Crippen LogP contribution in [-0.4, -0.2) is 42.0 Å². The van der Waals surface area contributed by atoms with E-state index in [4.69, 9.17) is 4.99 Å². The van der Waals surface area contributed by atoms with Crippen molar-refractivity contribution in [1.82, 2.24) is 10.2 Å². The summed E-state index contributed by atoms with van der Waals surface area (Å²) < 4.78 is 0.365. The first kappa shape index (κ1) is 15.2. The number of aliphatic imine (C=N–C) groups is 1. The molecular weight excluding hydrogens is 266 g/mol. The smallest absolute Gasteiger partial charge is 0.193 e. The van der Waals surface area contributed by atoms with Crippen molar-refractivity contribution in [2.75, 3.05) is 26.4 Å². The van der Waals surface area contributed by atoms with Gasteiger partial charge in [0.05, 0.1) is 6.54 Å². The molecule has 1 heterocycles. The summed E-state index contributed by atoms with van der Waals surface area (Å²) in [6, 6.07) is 10.4. The van der Waals surface area contributed by atoms with Crippen molar-refractivity contribution in [3.8, 4) is 0 Å². The third-order valence-electron chi connectivity index (χ3n) is 3.60. The van der Waals surface area contributed by atoms with E-state index in [0.29, 0.717) is 4.75 Å². The van der Waals surface area contributed by atoms with Gasteiger partial charge in [0.1, 0.15) is 0 Å². The number of rotatable bonds is 4. The molecule has 3 nitrogen and oxygen atoms in total. The molecule has 0 aromatic heterocycles. The lowest BCUT2D eigenvalue weighted by Crippen LogP contribution is -2.43. The summed E-state index contributed by atoms with van der Waals surface area (Å²) in [6.45, 7) is 4.07. The molecule has 110 valence electrons. The minimum atomic E-state index is 0.365. The Balaban J connectivity index is 1.93. The van der Waals surface area contributed by atoms with Crippen molar-refractivity contribution < 1.29 is 0 Å². The topological polar surface area (TPSA) is 27.6 Å². The quantitative estimate of drug-likeness (QED) is 0.683. The first-order chi connectivity index (χ1) is 9.59. The zero-order valence-electron chi connectivity index (χ0n) is 12.7. The van der Waals surface area contributed by atoms with Gasteiger partial charge in [0, 0.05) is 25.4 Å². The van der Waals surface area contributed by atoms with Gasteiger partial charge >= 0.3 is 0 Å². The van der Waals surface area contributed by atoms with Gasteiger partial charge in [-0.3, -0.25) is 0 Å². The molecule has 1 aliphatic heterocycles. The number of hydrogen-bond acceptors (Lipinski definition) is 2. The lowest BCUT2D eigenvalue weighted by atomic mass is 10.1. The largest absolute Gasteiger partial charge is 0.355 e. The highest BCUT2D eigenvalue weighted by molar-refractivity contribution is 8.00. The molecule has 4 heteroatoms. The Hall–Kier alpha value is -1.16. The average Bonchev–Trinajstić information content (AvgIpc) is 2.86. The summed E-state index contributed by atoms with van der Waals surface area (Å²) in [6.07, 6.45) is 2.63. The monoisotopic (exact) mass is 291 g/mol. The van der Waals surface area contributed by atoms with Crippen molar-refractivity contribution in [2.45, 2.75) is 31.1 Å². The molecule has 1 aliphatic rings. The maximum atomic E-state index is 4.71. The summed E-state index contributed by atoms with van der Waals surface area (Å²) >= 11 is 2.08. The minimum Gasteiger partial charge on any atom is -0.355 e. The molecule has 1 atom stereocenters. The van der Waals surface area contributed by atoms with Gasteiger partial charge in [-0.15, -0.1) is 0 Å². The number of thioether (sulfide) groups is 1. The van der Waals surface area contributed by atoms with Crippen LogP contribution >= 0.6 is 11.8 Å². The molecule has 1 aromatic carbocycles. The van der Waals surface area contributed by atoms with Crippen molar-refractivity contribution >= 4 is 17.7 Å². The second kappa shape index (κ2) is 7.02. The summed E-state index contributed by atoms with van der Waals surface area (Å²) in [7, 11) is 4.09. The van der Waals surface area contributed by atoms with E-state index >= 15 is 0 Å². The Morgan fingerprint density at radius 1 is 1.35 bits per heavy atom. The molecule has 0 radical (unpaired) electrons. The van der Waals surface area contributed by atoms with Crippen molar-refractivity contribution in [3.05, 3.63) is 35.9 Å². The molecule has 0 aliphatic carbocycles. The molecule has 1 aromatic rings. The Morgan fingerprint density at radius 2 is 2.10 bits per heavy atom. The molecule has 0 saturated carbocycles. The Bertz CT molecular complexity index is 436. The number of benzene rings is 1. The molecule has 1 unspecified atom stereocenters. The summed E-state index contributed by atoms with van der Waals surface area (Å²) in [5, 5.41) is 3.53. The molecule has 1 fully saturated rings. The lowest BCUT2D eigenvalue weighted by molar-refractivity contribution is 0.538. The second-order valence-corrected chi connectivity index (χ2v) is 7.46. The van der Waals surface area contributed by atoms with E-state index in [0.717, 1.165) is 19.0 Å². The van der Waals surface area contributed by atoms with Crippen molar-refractivity contribution in [1.29, 1.82) is 0 Å². The van der Waals surface area contributed by atoms with Crippen LogP contribution in [-0.2, 0) is 6.54 Å². The Labute approximate surface area is 126 Å². The molecule has 1 N–H and O–H groups in total. The first-order valence-corrected chi connectivity index (χ1v) is 8.21. The average molecular weight is 291 g/mol. The molecular formula is C16H25N3S. The van der Waals surface area contributed by atoms with E-state index in [-0.39, 0.29) is 0 Å². The third-order valence-corrected chi connectivity index (χ3v) is 5.14. The van der Waals surface area contributed by atoms with E-state index in [2.05, 4.69) is 53.2 Å². The van der Waals surface area contributed by atoms with E-state index in [1.54, 1.807) is 0 Å². The number of nitrogens with one attached hydrogen (secondary N) is 1. The van der Waals surface area contributed by atoms with Gasteiger partial charge in [-0.05, 0) is 31.1 Å². The predicted octanol–water partition coefficient (Wildman–Crippen LogP) is 2.98. The molecule has 0 bridgehead atoms. The number of guanidine groups is 1. The normalized spacial score (nSPS) is 22.9. The van der Waals surface area contributed by atoms with Crippen LogP contribution in [0.1, 0.15) is 25.3 Å². The number of nitrogens with zero attached hydrogens (tertiary/aromatic N) is 2. The SMILES string of the molecule is CN(C)C(=NCc1ccccc1)NCC1(C)CCCS1. The zero-order valence-corrected chi connectivity index (χ0v) is 13.5. The van der Waals surface area contributed by atoms with Crippen molar-refractivity contribution in [2.24, 2.45) is 4.99 Å². The summed E-state index contributed by atoms with van der Waals surface area (Å²) in [4.78, 5) is 6.77. The van der Waals surface area contributed by atoms with Crippen LogP contribution < -0.4 is 5.32 Å². The van der Waals surface area contributed by atoms with Gasteiger partial charge in [-0.25, -0.2) is 4.99 Å². The van der Waals surface area contributed by atoms with Gasteiger partial charge < -0.3 is 10.2 Å². The second-order valence-electron chi connectivity index (χ2n) is 5.78. The van der Waals surface area contributed by atoms with Crippen LogP contribution in [0.15, 0.2) is 35.3 Å². The summed E-state index contributed by atoms with van der Waals surface area (Å²) in [5.41, 5.74) is 1.25. The molecule has 0 spiro atoms. The Kier molecular flexibility index (Phi) is 5.35. The number of hydrogen-bond donors (Lipinski definition) is 1.